The predicted molar refractivity (Wildman–Crippen MR) is 82.2 cm³/mol. The van der Waals surface area contributed by atoms with Gasteiger partial charge in [-0.1, -0.05) is 25.5 Å². The minimum Gasteiger partial charge on any atom is -0.477 e. The van der Waals surface area contributed by atoms with E-state index in [9.17, 15) is 9.59 Å². The van der Waals surface area contributed by atoms with Crippen LogP contribution in [0.4, 0.5) is 0 Å². The summed E-state index contributed by atoms with van der Waals surface area (Å²) in [5.74, 6) is -1.34. The van der Waals surface area contributed by atoms with Crippen LogP contribution in [0.15, 0.2) is 52.8 Å². The number of benzene rings is 1. The molecule has 1 aromatic heterocycles. The second kappa shape index (κ2) is 7.26. The lowest BCUT2D eigenvalue weighted by Crippen LogP contribution is -2.27. The molecule has 0 unspecified atom stereocenters. The zero-order chi connectivity index (χ0) is 15.9. The number of carbonyl (C=O) groups excluding carboxylic acids is 1. The van der Waals surface area contributed by atoms with E-state index >= 15 is 0 Å². The Bertz CT molecular complexity index is 669. The summed E-state index contributed by atoms with van der Waals surface area (Å²) >= 11 is 0. The van der Waals surface area contributed by atoms with Crippen LogP contribution in [-0.2, 0) is 11.2 Å². The van der Waals surface area contributed by atoms with E-state index in [0.717, 1.165) is 18.4 Å². The van der Waals surface area contributed by atoms with Gasteiger partial charge in [0.05, 0.1) is 6.26 Å². The van der Waals surface area contributed by atoms with Gasteiger partial charge in [-0.15, -0.1) is 0 Å². The fourth-order valence-electron chi connectivity index (χ4n) is 1.97. The Morgan fingerprint density at radius 1 is 1.23 bits per heavy atom. The van der Waals surface area contributed by atoms with Crippen molar-refractivity contribution in [2.24, 2.45) is 0 Å². The molecule has 2 N–H and O–H groups in total. The highest BCUT2D eigenvalue weighted by Crippen LogP contribution is 2.09. The summed E-state index contributed by atoms with van der Waals surface area (Å²) < 4.78 is 5.05. The van der Waals surface area contributed by atoms with Crippen molar-refractivity contribution in [2.75, 3.05) is 0 Å². The van der Waals surface area contributed by atoms with E-state index in [1.165, 1.54) is 12.3 Å². The summed E-state index contributed by atoms with van der Waals surface area (Å²) in [6.45, 7) is 2.08. The third-order valence-corrected chi connectivity index (χ3v) is 3.06. The summed E-state index contributed by atoms with van der Waals surface area (Å²) in [5.41, 5.74) is 1.31. The van der Waals surface area contributed by atoms with Gasteiger partial charge in [-0.2, -0.15) is 0 Å². The molecule has 1 aromatic carbocycles. The van der Waals surface area contributed by atoms with E-state index < -0.39 is 11.9 Å². The maximum atomic E-state index is 12.1. The Labute approximate surface area is 128 Å². The molecule has 0 fully saturated rings. The highest BCUT2D eigenvalue weighted by molar-refractivity contribution is 6.02. The predicted octanol–water partition coefficient (Wildman–Crippen LogP) is 3.09. The molecule has 22 heavy (non-hydrogen) atoms. The van der Waals surface area contributed by atoms with Gasteiger partial charge in [-0.05, 0) is 36.2 Å². The Hall–Kier alpha value is -2.82. The van der Waals surface area contributed by atoms with Crippen LogP contribution < -0.4 is 5.32 Å². The first-order valence-electron chi connectivity index (χ1n) is 6.99. The molecule has 0 saturated carbocycles. The van der Waals surface area contributed by atoms with E-state index in [-0.39, 0.29) is 5.70 Å². The Morgan fingerprint density at radius 2 is 1.95 bits per heavy atom. The minimum atomic E-state index is -1.23. The molecule has 0 aliphatic heterocycles. The maximum absolute atomic E-state index is 12.1. The zero-order valence-corrected chi connectivity index (χ0v) is 12.2. The van der Waals surface area contributed by atoms with Crippen molar-refractivity contribution in [3.63, 3.8) is 0 Å². The van der Waals surface area contributed by atoms with E-state index in [1.807, 2.05) is 12.1 Å². The molecule has 2 aromatic rings. The van der Waals surface area contributed by atoms with Crippen molar-refractivity contribution in [1.29, 1.82) is 0 Å². The van der Waals surface area contributed by atoms with Crippen LogP contribution in [0.25, 0.3) is 6.08 Å². The largest absolute Gasteiger partial charge is 0.477 e. The number of hydrogen-bond acceptors (Lipinski definition) is 3. The standard InChI is InChI=1S/C17H17NO4/c1-2-4-12-6-8-13(9-7-12)16(19)18-15(17(20)21)11-14-5-3-10-22-14/h3,5-11H,2,4H2,1H3,(H,18,19)(H,20,21)/b15-11+. The SMILES string of the molecule is CCCc1ccc(C(=O)N/C(=C/c2ccco2)C(=O)O)cc1. The first kappa shape index (κ1) is 15.6. The van der Waals surface area contributed by atoms with Gasteiger partial charge in [0.25, 0.3) is 5.91 Å². The Balaban J connectivity index is 2.13. The van der Waals surface area contributed by atoms with Gasteiger partial charge in [0.2, 0.25) is 0 Å². The number of carbonyl (C=O) groups is 2. The van der Waals surface area contributed by atoms with Gasteiger partial charge >= 0.3 is 5.97 Å². The van der Waals surface area contributed by atoms with Gasteiger partial charge < -0.3 is 14.8 Å². The molecule has 0 spiro atoms. The van der Waals surface area contributed by atoms with Crippen LogP contribution in [0, 0.1) is 0 Å². The summed E-state index contributed by atoms with van der Waals surface area (Å²) in [6.07, 6.45) is 4.67. The quantitative estimate of drug-likeness (QED) is 0.803. The maximum Gasteiger partial charge on any atom is 0.352 e. The van der Waals surface area contributed by atoms with Crippen LogP contribution in [0.2, 0.25) is 0 Å². The summed E-state index contributed by atoms with van der Waals surface area (Å²) in [6, 6.07) is 10.4. The number of furan rings is 1. The van der Waals surface area contributed by atoms with Crippen molar-refractivity contribution < 1.29 is 19.1 Å². The lowest BCUT2D eigenvalue weighted by atomic mass is 10.1. The first-order chi connectivity index (χ1) is 10.6. The molecule has 2 rings (SSSR count). The average Bonchev–Trinajstić information content (AvgIpc) is 3.00. The third-order valence-electron chi connectivity index (χ3n) is 3.06. The van der Waals surface area contributed by atoms with Gasteiger partial charge in [0, 0.05) is 11.6 Å². The molecule has 0 bridgehead atoms. The van der Waals surface area contributed by atoms with E-state index in [2.05, 4.69) is 12.2 Å². The number of nitrogens with one attached hydrogen (secondary N) is 1. The molecule has 1 amide bonds. The van der Waals surface area contributed by atoms with Gasteiger partial charge in [-0.25, -0.2) is 4.79 Å². The summed E-state index contributed by atoms with van der Waals surface area (Å²) in [7, 11) is 0. The van der Waals surface area contributed by atoms with E-state index in [0.29, 0.717) is 11.3 Å². The highest BCUT2D eigenvalue weighted by Gasteiger charge is 2.14. The zero-order valence-electron chi connectivity index (χ0n) is 12.2. The molecule has 0 atom stereocenters. The molecule has 5 nitrogen and oxygen atoms in total. The van der Waals surface area contributed by atoms with Crippen LogP contribution >= 0.6 is 0 Å². The molecule has 0 radical (unpaired) electrons. The number of carboxylic acid groups (broad SMARTS) is 1. The lowest BCUT2D eigenvalue weighted by molar-refractivity contribution is -0.132. The second-order valence-electron chi connectivity index (χ2n) is 4.78. The third kappa shape index (κ3) is 4.09. The molecule has 114 valence electrons. The normalized spacial score (nSPS) is 11.2. The molecule has 5 heteroatoms. The molecule has 0 aliphatic carbocycles. The molecule has 0 saturated heterocycles. The van der Waals surface area contributed by atoms with Crippen molar-refractivity contribution in [1.82, 2.24) is 5.32 Å². The molecule has 1 heterocycles. The lowest BCUT2D eigenvalue weighted by Gasteiger charge is -2.06. The summed E-state index contributed by atoms with van der Waals surface area (Å²) in [4.78, 5) is 23.3. The fraction of sp³-hybridized carbons (Fsp3) is 0.176. The van der Waals surface area contributed by atoms with Crippen LogP contribution in [-0.4, -0.2) is 17.0 Å². The van der Waals surface area contributed by atoms with Crippen molar-refractivity contribution >= 4 is 18.0 Å². The van der Waals surface area contributed by atoms with Gasteiger partial charge in [0.15, 0.2) is 0 Å². The van der Waals surface area contributed by atoms with Crippen molar-refractivity contribution in [3.05, 3.63) is 65.2 Å². The minimum absolute atomic E-state index is 0.238. The van der Waals surface area contributed by atoms with E-state index in [1.54, 1.807) is 24.3 Å². The number of amides is 1. The number of aliphatic carboxylic acids is 1. The molecular weight excluding hydrogens is 282 g/mol. The van der Waals surface area contributed by atoms with Gasteiger partial charge in [-0.3, -0.25) is 4.79 Å². The smallest absolute Gasteiger partial charge is 0.352 e. The van der Waals surface area contributed by atoms with Crippen molar-refractivity contribution in [2.45, 2.75) is 19.8 Å². The molecular formula is C17H17NO4. The number of aryl methyl sites for hydroxylation is 1. The first-order valence-corrected chi connectivity index (χ1v) is 6.99. The number of rotatable bonds is 6. The Morgan fingerprint density at radius 3 is 2.50 bits per heavy atom. The van der Waals surface area contributed by atoms with Crippen LogP contribution in [0.5, 0.6) is 0 Å². The Kier molecular flexibility index (Phi) is 5.14. The number of carboxylic acids is 1. The number of hydrogen-bond donors (Lipinski definition) is 2. The highest BCUT2D eigenvalue weighted by atomic mass is 16.4. The monoisotopic (exact) mass is 299 g/mol. The van der Waals surface area contributed by atoms with Gasteiger partial charge in [0.1, 0.15) is 11.5 Å². The molecule has 0 aliphatic rings. The van der Waals surface area contributed by atoms with Crippen LogP contribution in [0.1, 0.15) is 35.0 Å². The second-order valence-corrected chi connectivity index (χ2v) is 4.78. The fourth-order valence-corrected chi connectivity index (χ4v) is 1.97. The summed E-state index contributed by atoms with van der Waals surface area (Å²) in [5, 5.41) is 11.5. The van der Waals surface area contributed by atoms with Crippen molar-refractivity contribution in [3.8, 4) is 0 Å². The van der Waals surface area contributed by atoms with E-state index in [4.69, 9.17) is 9.52 Å². The average molecular weight is 299 g/mol. The van der Waals surface area contributed by atoms with Crippen LogP contribution in [0.3, 0.4) is 0 Å². The topological polar surface area (TPSA) is 79.5 Å².